The third-order valence-corrected chi connectivity index (χ3v) is 3.87. The van der Waals surface area contributed by atoms with E-state index in [9.17, 15) is 10.1 Å². The smallest absolute Gasteiger partial charge is 0.306 e. The molecule has 0 spiro atoms. The number of rotatable bonds is 3. The molecule has 6 heteroatoms. The van der Waals surface area contributed by atoms with Crippen molar-refractivity contribution in [2.75, 3.05) is 18.0 Å². The number of aliphatic carboxylic acids is 1. The highest BCUT2D eigenvalue weighted by Crippen LogP contribution is 2.30. The van der Waals surface area contributed by atoms with E-state index in [2.05, 4.69) is 11.1 Å². The maximum Gasteiger partial charge on any atom is 0.306 e. The van der Waals surface area contributed by atoms with Gasteiger partial charge in [-0.3, -0.25) is 4.79 Å². The quantitative estimate of drug-likeness (QED) is 0.936. The van der Waals surface area contributed by atoms with Crippen molar-refractivity contribution in [2.45, 2.75) is 12.8 Å². The lowest BCUT2D eigenvalue weighted by molar-refractivity contribution is -0.142. The highest BCUT2D eigenvalue weighted by Gasteiger charge is 2.28. The van der Waals surface area contributed by atoms with Crippen LogP contribution in [0.2, 0.25) is 0 Å². The van der Waals surface area contributed by atoms with Crippen LogP contribution in [0.4, 0.5) is 5.88 Å². The van der Waals surface area contributed by atoms with Gasteiger partial charge in [-0.25, -0.2) is 0 Å². The van der Waals surface area contributed by atoms with Crippen LogP contribution in [0.25, 0.3) is 11.5 Å². The summed E-state index contributed by atoms with van der Waals surface area (Å²) in [6.07, 6.45) is 1.09. The van der Waals surface area contributed by atoms with Gasteiger partial charge in [0.05, 0.1) is 5.92 Å². The molecule has 6 nitrogen and oxygen atoms in total. The van der Waals surface area contributed by atoms with Crippen LogP contribution < -0.4 is 4.90 Å². The predicted octanol–water partition coefficient (Wildman–Crippen LogP) is 2.51. The lowest BCUT2D eigenvalue weighted by Crippen LogP contribution is -2.36. The number of anilines is 1. The molecule has 1 saturated heterocycles. The van der Waals surface area contributed by atoms with E-state index in [-0.39, 0.29) is 11.6 Å². The van der Waals surface area contributed by atoms with Gasteiger partial charge in [0, 0.05) is 18.7 Å². The van der Waals surface area contributed by atoms with E-state index in [1.807, 2.05) is 35.2 Å². The number of aromatic nitrogens is 1. The van der Waals surface area contributed by atoms with E-state index in [1.165, 1.54) is 0 Å². The van der Waals surface area contributed by atoms with Crippen molar-refractivity contribution >= 4 is 11.9 Å². The van der Waals surface area contributed by atoms with Crippen molar-refractivity contribution in [1.29, 1.82) is 5.26 Å². The second-order valence-electron chi connectivity index (χ2n) is 5.25. The van der Waals surface area contributed by atoms with Crippen molar-refractivity contribution in [1.82, 2.24) is 4.98 Å². The Morgan fingerprint density at radius 2 is 2.00 bits per heavy atom. The van der Waals surface area contributed by atoms with Gasteiger partial charge in [-0.2, -0.15) is 10.2 Å². The Kier molecular flexibility index (Phi) is 3.79. The minimum Gasteiger partial charge on any atom is -0.481 e. The summed E-state index contributed by atoms with van der Waals surface area (Å²) in [4.78, 5) is 17.1. The van der Waals surface area contributed by atoms with Crippen LogP contribution in [-0.2, 0) is 4.79 Å². The van der Waals surface area contributed by atoms with Gasteiger partial charge in [-0.05, 0) is 25.0 Å². The number of hydrogen-bond donors (Lipinski definition) is 1. The fraction of sp³-hybridized carbons (Fsp3) is 0.312. The van der Waals surface area contributed by atoms with Crippen molar-refractivity contribution < 1.29 is 14.3 Å². The van der Waals surface area contributed by atoms with E-state index in [0.29, 0.717) is 37.7 Å². The Bertz CT molecular complexity index is 710. The summed E-state index contributed by atoms with van der Waals surface area (Å²) in [7, 11) is 0. The van der Waals surface area contributed by atoms with Gasteiger partial charge in [0.1, 0.15) is 6.07 Å². The van der Waals surface area contributed by atoms with E-state index in [4.69, 9.17) is 9.52 Å². The second kappa shape index (κ2) is 5.90. The first-order chi connectivity index (χ1) is 10.7. The third kappa shape index (κ3) is 2.66. The standard InChI is InChI=1S/C16H15N3O3/c17-10-13-15(19-8-6-12(7-9-19)16(20)21)22-14(18-13)11-4-2-1-3-5-11/h1-5,12H,6-9H2,(H,20,21). The number of carboxylic acid groups (broad SMARTS) is 1. The van der Waals surface area contributed by atoms with Crippen LogP contribution in [0.1, 0.15) is 18.5 Å². The first-order valence-electron chi connectivity index (χ1n) is 7.13. The van der Waals surface area contributed by atoms with Crippen LogP contribution in [0.3, 0.4) is 0 Å². The summed E-state index contributed by atoms with van der Waals surface area (Å²) < 4.78 is 5.77. The number of oxazole rings is 1. The van der Waals surface area contributed by atoms with E-state index >= 15 is 0 Å². The van der Waals surface area contributed by atoms with E-state index < -0.39 is 5.97 Å². The third-order valence-electron chi connectivity index (χ3n) is 3.87. The largest absolute Gasteiger partial charge is 0.481 e. The first kappa shape index (κ1) is 14.1. The van der Waals surface area contributed by atoms with Crippen molar-refractivity contribution in [3.8, 4) is 17.5 Å². The normalized spacial score (nSPS) is 15.5. The van der Waals surface area contributed by atoms with Crippen LogP contribution in [0.15, 0.2) is 34.7 Å². The SMILES string of the molecule is N#Cc1nc(-c2ccccc2)oc1N1CCC(C(=O)O)CC1. The molecular weight excluding hydrogens is 282 g/mol. The molecule has 3 rings (SSSR count). The van der Waals surface area contributed by atoms with Crippen molar-refractivity contribution in [3.63, 3.8) is 0 Å². The zero-order valence-corrected chi connectivity index (χ0v) is 11.9. The lowest BCUT2D eigenvalue weighted by Gasteiger charge is -2.29. The van der Waals surface area contributed by atoms with Gasteiger partial charge in [0.15, 0.2) is 0 Å². The van der Waals surface area contributed by atoms with Crippen LogP contribution >= 0.6 is 0 Å². The number of carbonyl (C=O) groups is 1. The van der Waals surface area contributed by atoms with Gasteiger partial charge in [0.25, 0.3) is 0 Å². The average molecular weight is 297 g/mol. The monoisotopic (exact) mass is 297 g/mol. The Labute approximate surface area is 127 Å². The van der Waals surface area contributed by atoms with Crippen molar-refractivity contribution in [2.24, 2.45) is 5.92 Å². The minimum atomic E-state index is -0.761. The topological polar surface area (TPSA) is 90.4 Å². The molecule has 0 saturated carbocycles. The zero-order valence-electron chi connectivity index (χ0n) is 11.9. The average Bonchev–Trinajstić information content (AvgIpc) is 3.00. The molecule has 0 aliphatic carbocycles. The van der Waals surface area contributed by atoms with E-state index in [1.54, 1.807) is 0 Å². The number of carboxylic acids is 1. The zero-order chi connectivity index (χ0) is 15.5. The van der Waals surface area contributed by atoms with Gasteiger partial charge < -0.3 is 14.4 Å². The molecule has 112 valence electrons. The minimum absolute atomic E-state index is 0.243. The Morgan fingerprint density at radius 3 is 2.59 bits per heavy atom. The molecule has 2 aromatic rings. The lowest BCUT2D eigenvalue weighted by atomic mass is 9.97. The Balaban J connectivity index is 1.84. The van der Waals surface area contributed by atoms with Gasteiger partial charge in [0.2, 0.25) is 17.5 Å². The fourth-order valence-electron chi connectivity index (χ4n) is 2.63. The number of nitriles is 1. The summed E-state index contributed by atoms with van der Waals surface area (Å²) in [5.41, 5.74) is 1.05. The maximum absolute atomic E-state index is 11.0. The van der Waals surface area contributed by atoms with Crippen LogP contribution in [0, 0.1) is 17.2 Å². The molecule has 1 aromatic heterocycles. The summed E-state index contributed by atoms with van der Waals surface area (Å²) in [5.74, 6) is -0.237. The molecule has 0 unspecified atom stereocenters. The summed E-state index contributed by atoms with van der Waals surface area (Å²) in [6.45, 7) is 1.10. The predicted molar refractivity (Wildman–Crippen MR) is 79.2 cm³/mol. The van der Waals surface area contributed by atoms with Gasteiger partial charge in [-0.1, -0.05) is 18.2 Å². The number of hydrogen-bond acceptors (Lipinski definition) is 5. The molecule has 2 heterocycles. The number of benzene rings is 1. The van der Waals surface area contributed by atoms with Crippen LogP contribution in [-0.4, -0.2) is 29.1 Å². The molecule has 0 radical (unpaired) electrons. The van der Waals surface area contributed by atoms with Crippen LogP contribution in [0.5, 0.6) is 0 Å². The van der Waals surface area contributed by atoms with Gasteiger partial charge >= 0.3 is 5.97 Å². The highest BCUT2D eigenvalue weighted by molar-refractivity contribution is 5.70. The molecule has 1 N–H and O–H groups in total. The van der Waals surface area contributed by atoms with Gasteiger partial charge in [-0.15, -0.1) is 0 Å². The first-order valence-corrected chi connectivity index (χ1v) is 7.13. The maximum atomic E-state index is 11.0. The Morgan fingerprint density at radius 1 is 1.32 bits per heavy atom. The molecule has 1 fully saturated rings. The molecule has 22 heavy (non-hydrogen) atoms. The summed E-state index contributed by atoms with van der Waals surface area (Å²) in [6, 6.07) is 11.4. The summed E-state index contributed by atoms with van der Waals surface area (Å²) >= 11 is 0. The summed E-state index contributed by atoms with van der Waals surface area (Å²) in [5, 5.41) is 18.3. The van der Waals surface area contributed by atoms with E-state index in [0.717, 1.165) is 5.56 Å². The molecule has 1 aliphatic heterocycles. The number of nitrogens with zero attached hydrogens (tertiary/aromatic N) is 3. The molecular formula is C16H15N3O3. The van der Waals surface area contributed by atoms with Crippen molar-refractivity contribution in [3.05, 3.63) is 36.0 Å². The highest BCUT2D eigenvalue weighted by atomic mass is 16.4. The Hall–Kier alpha value is -2.81. The molecule has 1 aromatic carbocycles. The molecule has 0 bridgehead atoms. The number of piperidine rings is 1. The molecule has 1 aliphatic rings. The molecule has 0 amide bonds. The molecule has 0 atom stereocenters. The second-order valence-corrected chi connectivity index (χ2v) is 5.25. The fourth-order valence-corrected chi connectivity index (χ4v) is 2.63.